The van der Waals surface area contributed by atoms with Gasteiger partial charge >= 0.3 is 0 Å². The SMILES string of the molecule is C#CCCCCNC(=O)c1cn(C)cn1. The van der Waals surface area contributed by atoms with Crippen molar-refractivity contribution < 1.29 is 4.79 Å². The zero-order valence-corrected chi connectivity index (χ0v) is 8.86. The molecule has 1 heterocycles. The number of rotatable bonds is 5. The van der Waals surface area contributed by atoms with Crippen LogP contribution in [0.2, 0.25) is 0 Å². The molecule has 0 fully saturated rings. The summed E-state index contributed by atoms with van der Waals surface area (Å²) in [6, 6.07) is 0. The molecule has 1 aromatic rings. The number of terminal acetylenes is 1. The molecule has 4 nitrogen and oxygen atoms in total. The smallest absolute Gasteiger partial charge is 0.271 e. The molecule has 1 amide bonds. The van der Waals surface area contributed by atoms with Gasteiger partial charge in [-0.15, -0.1) is 12.3 Å². The van der Waals surface area contributed by atoms with Crippen molar-refractivity contribution in [3.05, 3.63) is 18.2 Å². The maximum atomic E-state index is 11.5. The number of nitrogens with zero attached hydrogens (tertiary/aromatic N) is 2. The number of aromatic nitrogens is 2. The molecule has 0 atom stereocenters. The van der Waals surface area contributed by atoms with Crippen LogP contribution in [0.4, 0.5) is 0 Å². The molecule has 0 radical (unpaired) electrons. The summed E-state index contributed by atoms with van der Waals surface area (Å²) < 4.78 is 1.74. The number of carbonyl (C=O) groups excluding carboxylic acids is 1. The highest BCUT2D eigenvalue weighted by Crippen LogP contribution is 1.95. The van der Waals surface area contributed by atoms with Gasteiger partial charge in [-0.3, -0.25) is 4.79 Å². The van der Waals surface area contributed by atoms with E-state index in [9.17, 15) is 4.79 Å². The van der Waals surface area contributed by atoms with Gasteiger partial charge in [-0.2, -0.15) is 0 Å². The molecule has 0 aliphatic heterocycles. The molecule has 0 bridgehead atoms. The Morgan fingerprint density at radius 3 is 3.07 bits per heavy atom. The third kappa shape index (κ3) is 3.86. The van der Waals surface area contributed by atoms with Gasteiger partial charge in [-0.1, -0.05) is 0 Å². The molecule has 80 valence electrons. The number of unbranched alkanes of at least 4 members (excludes halogenated alkanes) is 2. The minimum Gasteiger partial charge on any atom is -0.351 e. The Labute approximate surface area is 89.7 Å². The average molecular weight is 205 g/mol. The molecule has 1 rings (SSSR count). The van der Waals surface area contributed by atoms with E-state index in [0.29, 0.717) is 12.2 Å². The van der Waals surface area contributed by atoms with Crippen molar-refractivity contribution in [3.63, 3.8) is 0 Å². The molecule has 0 aliphatic carbocycles. The Hall–Kier alpha value is -1.76. The van der Waals surface area contributed by atoms with Gasteiger partial charge in [0.25, 0.3) is 5.91 Å². The van der Waals surface area contributed by atoms with E-state index < -0.39 is 0 Å². The van der Waals surface area contributed by atoms with Crippen LogP contribution in [-0.4, -0.2) is 22.0 Å². The lowest BCUT2D eigenvalue weighted by Crippen LogP contribution is -2.24. The minimum absolute atomic E-state index is 0.128. The summed E-state index contributed by atoms with van der Waals surface area (Å²) in [7, 11) is 1.83. The number of aryl methyl sites for hydroxylation is 1. The van der Waals surface area contributed by atoms with Gasteiger partial charge in [-0.05, 0) is 12.8 Å². The van der Waals surface area contributed by atoms with Crippen molar-refractivity contribution >= 4 is 5.91 Å². The third-order valence-corrected chi connectivity index (χ3v) is 1.97. The van der Waals surface area contributed by atoms with E-state index in [1.807, 2.05) is 7.05 Å². The second-order valence-corrected chi connectivity index (χ2v) is 3.34. The fraction of sp³-hybridized carbons (Fsp3) is 0.455. The summed E-state index contributed by atoms with van der Waals surface area (Å²) in [5.74, 6) is 2.43. The van der Waals surface area contributed by atoms with E-state index in [1.165, 1.54) is 0 Å². The Balaban J connectivity index is 2.23. The van der Waals surface area contributed by atoms with E-state index in [2.05, 4.69) is 16.2 Å². The topological polar surface area (TPSA) is 46.9 Å². The first kappa shape index (κ1) is 11.3. The van der Waals surface area contributed by atoms with E-state index in [0.717, 1.165) is 19.3 Å². The van der Waals surface area contributed by atoms with E-state index in [-0.39, 0.29) is 5.91 Å². The highest BCUT2D eigenvalue weighted by molar-refractivity contribution is 5.91. The second-order valence-electron chi connectivity index (χ2n) is 3.34. The first-order valence-corrected chi connectivity index (χ1v) is 4.93. The monoisotopic (exact) mass is 205 g/mol. The van der Waals surface area contributed by atoms with Gasteiger partial charge < -0.3 is 9.88 Å². The molecule has 1 aromatic heterocycles. The fourth-order valence-electron chi connectivity index (χ4n) is 1.17. The van der Waals surface area contributed by atoms with Gasteiger partial charge in [0.1, 0.15) is 5.69 Å². The molecule has 0 spiro atoms. The van der Waals surface area contributed by atoms with Crippen molar-refractivity contribution in [2.24, 2.45) is 7.05 Å². The largest absolute Gasteiger partial charge is 0.351 e. The Morgan fingerprint density at radius 2 is 2.47 bits per heavy atom. The summed E-state index contributed by atoms with van der Waals surface area (Å²) in [4.78, 5) is 15.4. The van der Waals surface area contributed by atoms with E-state index >= 15 is 0 Å². The first-order valence-electron chi connectivity index (χ1n) is 4.93. The number of imidazole rings is 1. The van der Waals surface area contributed by atoms with Crippen molar-refractivity contribution in [3.8, 4) is 12.3 Å². The molecule has 0 aliphatic rings. The Bertz CT molecular complexity index is 362. The Kier molecular flexibility index (Phi) is 4.42. The summed E-state index contributed by atoms with van der Waals surface area (Å²) >= 11 is 0. The number of hydrogen-bond donors (Lipinski definition) is 1. The molecule has 1 N–H and O–H groups in total. The van der Waals surface area contributed by atoms with Crippen LogP contribution in [0.1, 0.15) is 29.8 Å². The minimum atomic E-state index is -0.128. The van der Waals surface area contributed by atoms with Crippen LogP contribution >= 0.6 is 0 Å². The second kappa shape index (κ2) is 5.86. The van der Waals surface area contributed by atoms with E-state index in [4.69, 9.17) is 6.42 Å². The van der Waals surface area contributed by atoms with Crippen molar-refractivity contribution in [1.82, 2.24) is 14.9 Å². The van der Waals surface area contributed by atoms with Crippen molar-refractivity contribution in [2.75, 3.05) is 6.54 Å². The quantitative estimate of drug-likeness (QED) is 0.574. The fourth-order valence-corrected chi connectivity index (χ4v) is 1.17. The van der Waals surface area contributed by atoms with Crippen LogP contribution in [0, 0.1) is 12.3 Å². The molecular formula is C11H15N3O. The van der Waals surface area contributed by atoms with Crippen molar-refractivity contribution in [2.45, 2.75) is 19.3 Å². The highest BCUT2D eigenvalue weighted by Gasteiger charge is 2.06. The Morgan fingerprint density at radius 1 is 1.67 bits per heavy atom. The number of amides is 1. The maximum Gasteiger partial charge on any atom is 0.271 e. The maximum absolute atomic E-state index is 11.5. The standard InChI is InChI=1S/C11H15N3O/c1-3-4-5-6-7-12-11(15)10-8-14(2)9-13-10/h1,8-9H,4-7H2,2H3,(H,12,15). The van der Waals surface area contributed by atoms with Gasteiger partial charge in [0.2, 0.25) is 0 Å². The molecule has 0 aromatic carbocycles. The van der Waals surface area contributed by atoms with Gasteiger partial charge in [0.15, 0.2) is 0 Å². The zero-order chi connectivity index (χ0) is 11.1. The molecule has 4 heteroatoms. The molecule has 0 unspecified atom stereocenters. The molecule has 15 heavy (non-hydrogen) atoms. The first-order chi connectivity index (χ1) is 7.24. The predicted octanol–water partition coefficient (Wildman–Crippen LogP) is 0.953. The number of nitrogens with one attached hydrogen (secondary N) is 1. The van der Waals surface area contributed by atoms with Crippen LogP contribution in [0.15, 0.2) is 12.5 Å². The predicted molar refractivity (Wildman–Crippen MR) is 58.2 cm³/mol. The third-order valence-electron chi connectivity index (χ3n) is 1.97. The summed E-state index contributed by atoms with van der Waals surface area (Å²) in [6.07, 6.45) is 11.0. The van der Waals surface area contributed by atoms with Crippen LogP contribution in [0.5, 0.6) is 0 Å². The molecule has 0 saturated heterocycles. The van der Waals surface area contributed by atoms with Gasteiger partial charge in [0, 0.05) is 26.2 Å². The molecule has 0 saturated carbocycles. The lowest BCUT2D eigenvalue weighted by Gasteiger charge is -2.01. The summed E-state index contributed by atoms with van der Waals surface area (Å²) in [5, 5.41) is 2.79. The van der Waals surface area contributed by atoms with Crippen LogP contribution in [0.25, 0.3) is 0 Å². The number of carbonyl (C=O) groups is 1. The number of hydrogen-bond acceptors (Lipinski definition) is 2. The molecular weight excluding hydrogens is 190 g/mol. The zero-order valence-electron chi connectivity index (χ0n) is 8.86. The van der Waals surface area contributed by atoms with Crippen LogP contribution in [-0.2, 0) is 7.05 Å². The van der Waals surface area contributed by atoms with E-state index in [1.54, 1.807) is 17.1 Å². The van der Waals surface area contributed by atoms with Gasteiger partial charge in [0.05, 0.1) is 6.33 Å². The lowest BCUT2D eigenvalue weighted by atomic mass is 10.2. The summed E-state index contributed by atoms with van der Waals surface area (Å²) in [5.41, 5.74) is 0.453. The van der Waals surface area contributed by atoms with Crippen LogP contribution in [0.3, 0.4) is 0 Å². The lowest BCUT2D eigenvalue weighted by molar-refractivity contribution is 0.0948. The highest BCUT2D eigenvalue weighted by atomic mass is 16.1. The van der Waals surface area contributed by atoms with Gasteiger partial charge in [-0.25, -0.2) is 4.98 Å². The average Bonchev–Trinajstić information content (AvgIpc) is 2.64. The van der Waals surface area contributed by atoms with Crippen LogP contribution < -0.4 is 5.32 Å². The van der Waals surface area contributed by atoms with Crippen molar-refractivity contribution in [1.29, 1.82) is 0 Å². The summed E-state index contributed by atoms with van der Waals surface area (Å²) in [6.45, 7) is 0.650. The normalized spacial score (nSPS) is 9.60.